The molecule has 0 unspecified atom stereocenters. The minimum atomic E-state index is -0.235. The van der Waals surface area contributed by atoms with E-state index in [4.69, 9.17) is 4.42 Å². The summed E-state index contributed by atoms with van der Waals surface area (Å²) in [5.41, 5.74) is 4.47. The molecule has 3 heterocycles. The van der Waals surface area contributed by atoms with Gasteiger partial charge in [-0.2, -0.15) is 0 Å². The number of fused-ring (bicyclic) bond motifs is 1. The van der Waals surface area contributed by atoms with Crippen molar-refractivity contribution in [3.63, 3.8) is 0 Å². The molecule has 0 aliphatic carbocycles. The summed E-state index contributed by atoms with van der Waals surface area (Å²) in [7, 11) is 0. The summed E-state index contributed by atoms with van der Waals surface area (Å²) >= 11 is 0. The zero-order chi connectivity index (χ0) is 19.3. The Morgan fingerprint density at radius 2 is 2.21 bits per heavy atom. The van der Waals surface area contributed by atoms with Crippen LogP contribution in [0.15, 0.2) is 53.3 Å². The lowest BCUT2D eigenvalue weighted by Gasteiger charge is -2.26. The lowest BCUT2D eigenvalue weighted by Crippen LogP contribution is -2.29. The van der Waals surface area contributed by atoms with E-state index in [9.17, 15) is 4.79 Å². The van der Waals surface area contributed by atoms with Gasteiger partial charge in [0, 0.05) is 41.4 Å². The SMILES string of the molecule is CCCCCN1CC=C(c2c[nH]c3ccc(NC(=O)c4ccco4)cc23)CC1. The molecule has 5 nitrogen and oxygen atoms in total. The number of nitrogens with one attached hydrogen (secondary N) is 2. The number of aromatic amines is 1. The Morgan fingerprint density at radius 1 is 1.29 bits per heavy atom. The van der Waals surface area contributed by atoms with Gasteiger partial charge in [0.25, 0.3) is 5.91 Å². The van der Waals surface area contributed by atoms with E-state index in [2.05, 4.69) is 34.4 Å². The second-order valence-corrected chi connectivity index (χ2v) is 7.38. The molecule has 1 aliphatic rings. The predicted octanol–water partition coefficient (Wildman–Crippen LogP) is 5.29. The minimum absolute atomic E-state index is 0.235. The van der Waals surface area contributed by atoms with Crippen molar-refractivity contribution in [2.24, 2.45) is 0 Å². The van der Waals surface area contributed by atoms with E-state index < -0.39 is 0 Å². The highest BCUT2D eigenvalue weighted by Crippen LogP contribution is 2.31. The van der Waals surface area contributed by atoms with Gasteiger partial charge in [0.05, 0.1) is 6.26 Å². The van der Waals surface area contributed by atoms with Gasteiger partial charge in [-0.3, -0.25) is 9.69 Å². The number of anilines is 1. The molecular weight excluding hydrogens is 350 g/mol. The lowest BCUT2D eigenvalue weighted by molar-refractivity contribution is 0.0996. The van der Waals surface area contributed by atoms with Crippen LogP contribution in [0.1, 0.15) is 48.7 Å². The molecule has 146 valence electrons. The maximum atomic E-state index is 12.3. The van der Waals surface area contributed by atoms with Crippen LogP contribution in [0.25, 0.3) is 16.5 Å². The number of carbonyl (C=O) groups excluding carboxylic acids is 1. The van der Waals surface area contributed by atoms with Gasteiger partial charge in [0.1, 0.15) is 0 Å². The lowest BCUT2D eigenvalue weighted by atomic mass is 9.98. The van der Waals surface area contributed by atoms with Gasteiger partial charge in [-0.05, 0) is 55.3 Å². The molecule has 0 fully saturated rings. The predicted molar refractivity (Wildman–Crippen MR) is 114 cm³/mol. The third kappa shape index (κ3) is 4.04. The summed E-state index contributed by atoms with van der Waals surface area (Å²) in [5, 5.41) is 4.06. The van der Waals surface area contributed by atoms with Crippen LogP contribution in [-0.2, 0) is 0 Å². The molecular formula is C23H27N3O2. The molecule has 2 N–H and O–H groups in total. The van der Waals surface area contributed by atoms with Crippen molar-refractivity contribution in [2.75, 3.05) is 25.0 Å². The number of amides is 1. The standard InChI is InChI=1S/C23H27N3O2/c1-2-3-4-11-26-12-9-17(10-13-26)20-16-24-21-8-7-18(15-19(20)21)25-23(27)22-6-5-14-28-22/h5-9,14-16,24H,2-4,10-13H2,1H3,(H,25,27). The molecule has 0 saturated heterocycles. The van der Waals surface area contributed by atoms with E-state index in [1.807, 2.05) is 18.2 Å². The highest BCUT2D eigenvalue weighted by atomic mass is 16.3. The Kier molecular flexibility index (Phi) is 5.63. The third-order valence-electron chi connectivity index (χ3n) is 5.40. The van der Waals surface area contributed by atoms with Crippen LogP contribution in [0, 0.1) is 0 Å². The largest absolute Gasteiger partial charge is 0.459 e. The van der Waals surface area contributed by atoms with Gasteiger partial charge in [0.2, 0.25) is 0 Å². The number of furan rings is 1. The van der Waals surface area contributed by atoms with Crippen LogP contribution < -0.4 is 5.32 Å². The van der Waals surface area contributed by atoms with E-state index in [1.165, 1.54) is 43.2 Å². The number of rotatable bonds is 7. The topological polar surface area (TPSA) is 61.3 Å². The molecule has 0 atom stereocenters. The van der Waals surface area contributed by atoms with E-state index in [0.29, 0.717) is 5.76 Å². The number of hydrogen-bond acceptors (Lipinski definition) is 3. The van der Waals surface area contributed by atoms with Crippen molar-refractivity contribution in [2.45, 2.75) is 32.6 Å². The number of nitrogens with zero attached hydrogens (tertiary/aromatic N) is 1. The first-order valence-electron chi connectivity index (χ1n) is 10.1. The molecule has 0 spiro atoms. The van der Waals surface area contributed by atoms with Crippen molar-refractivity contribution in [1.29, 1.82) is 0 Å². The molecule has 2 aromatic heterocycles. The van der Waals surface area contributed by atoms with Crippen LogP contribution in [-0.4, -0.2) is 35.4 Å². The van der Waals surface area contributed by atoms with E-state index in [0.717, 1.165) is 36.1 Å². The van der Waals surface area contributed by atoms with Gasteiger partial charge >= 0.3 is 0 Å². The van der Waals surface area contributed by atoms with Crippen LogP contribution in [0.2, 0.25) is 0 Å². The Hall–Kier alpha value is -2.79. The summed E-state index contributed by atoms with van der Waals surface area (Å²) in [6, 6.07) is 9.33. The maximum Gasteiger partial charge on any atom is 0.291 e. The first-order valence-corrected chi connectivity index (χ1v) is 10.1. The maximum absolute atomic E-state index is 12.3. The zero-order valence-corrected chi connectivity index (χ0v) is 16.3. The van der Waals surface area contributed by atoms with Gasteiger partial charge in [-0.15, -0.1) is 0 Å². The summed E-state index contributed by atoms with van der Waals surface area (Å²) in [4.78, 5) is 18.1. The van der Waals surface area contributed by atoms with Gasteiger partial charge in [-0.1, -0.05) is 25.8 Å². The normalized spacial score (nSPS) is 15.0. The van der Waals surface area contributed by atoms with Crippen LogP contribution >= 0.6 is 0 Å². The fraction of sp³-hybridized carbons (Fsp3) is 0.348. The number of carbonyl (C=O) groups is 1. The van der Waals surface area contributed by atoms with E-state index in [1.54, 1.807) is 12.1 Å². The molecule has 4 rings (SSSR count). The Bertz CT molecular complexity index is 969. The molecule has 1 amide bonds. The second kappa shape index (κ2) is 8.48. The smallest absolute Gasteiger partial charge is 0.291 e. The number of H-pyrrole nitrogens is 1. The molecule has 1 aromatic carbocycles. The molecule has 0 saturated carbocycles. The number of unbranched alkanes of at least 4 members (excludes halogenated alkanes) is 2. The molecule has 5 heteroatoms. The number of aromatic nitrogens is 1. The van der Waals surface area contributed by atoms with Crippen LogP contribution in [0.3, 0.4) is 0 Å². The highest BCUT2D eigenvalue weighted by molar-refractivity contribution is 6.04. The molecule has 0 bridgehead atoms. The van der Waals surface area contributed by atoms with Crippen molar-refractivity contribution in [3.05, 3.63) is 60.2 Å². The van der Waals surface area contributed by atoms with Gasteiger partial charge in [-0.25, -0.2) is 0 Å². The Morgan fingerprint density at radius 3 is 2.96 bits per heavy atom. The number of hydrogen-bond donors (Lipinski definition) is 2. The fourth-order valence-electron chi connectivity index (χ4n) is 3.81. The molecule has 1 aliphatic heterocycles. The Labute approximate surface area is 165 Å². The van der Waals surface area contributed by atoms with Gasteiger partial charge in [0.15, 0.2) is 5.76 Å². The van der Waals surface area contributed by atoms with Crippen molar-refractivity contribution < 1.29 is 9.21 Å². The van der Waals surface area contributed by atoms with Crippen LogP contribution in [0.5, 0.6) is 0 Å². The first kappa shape index (κ1) is 18.6. The van der Waals surface area contributed by atoms with E-state index >= 15 is 0 Å². The second-order valence-electron chi connectivity index (χ2n) is 7.38. The van der Waals surface area contributed by atoms with Crippen LogP contribution in [0.4, 0.5) is 5.69 Å². The van der Waals surface area contributed by atoms with E-state index in [-0.39, 0.29) is 5.91 Å². The first-order chi connectivity index (χ1) is 13.7. The minimum Gasteiger partial charge on any atom is -0.459 e. The monoisotopic (exact) mass is 377 g/mol. The summed E-state index contributed by atoms with van der Waals surface area (Å²) in [5.74, 6) is 0.0774. The summed E-state index contributed by atoms with van der Waals surface area (Å²) < 4.78 is 5.17. The zero-order valence-electron chi connectivity index (χ0n) is 16.3. The quantitative estimate of drug-likeness (QED) is 0.550. The fourth-order valence-corrected chi connectivity index (χ4v) is 3.81. The highest BCUT2D eigenvalue weighted by Gasteiger charge is 2.16. The molecule has 28 heavy (non-hydrogen) atoms. The van der Waals surface area contributed by atoms with Gasteiger partial charge < -0.3 is 14.7 Å². The average molecular weight is 377 g/mol. The number of benzene rings is 1. The summed E-state index contributed by atoms with van der Waals surface area (Å²) in [6.07, 6.45) is 10.9. The molecule has 0 radical (unpaired) electrons. The van der Waals surface area contributed by atoms with Crippen molar-refractivity contribution >= 4 is 28.1 Å². The average Bonchev–Trinajstić information content (AvgIpc) is 3.39. The van der Waals surface area contributed by atoms with Crippen molar-refractivity contribution in [3.8, 4) is 0 Å². The Balaban J connectivity index is 1.50. The molecule has 3 aromatic rings. The third-order valence-corrected chi connectivity index (χ3v) is 5.40. The van der Waals surface area contributed by atoms with Crippen molar-refractivity contribution in [1.82, 2.24) is 9.88 Å². The summed E-state index contributed by atoms with van der Waals surface area (Å²) in [6.45, 7) is 5.56.